The quantitative estimate of drug-likeness (QED) is 0.614. The number of benzene rings is 2. The van der Waals surface area contributed by atoms with Crippen molar-refractivity contribution in [2.75, 3.05) is 6.54 Å². The molecule has 1 amide bonds. The predicted molar refractivity (Wildman–Crippen MR) is 123 cm³/mol. The molecule has 1 aliphatic rings. The van der Waals surface area contributed by atoms with Crippen LogP contribution in [0.2, 0.25) is 0 Å². The molecule has 166 valence electrons. The summed E-state index contributed by atoms with van der Waals surface area (Å²) in [6.45, 7) is 2.02. The Hall–Kier alpha value is -3.03. The van der Waals surface area contributed by atoms with Crippen molar-refractivity contribution in [3.8, 4) is 0 Å². The van der Waals surface area contributed by atoms with Gasteiger partial charge in [-0.15, -0.1) is 0 Å². The summed E-state index contributed by atoms with van der Waals surface area (Å²) >= 11 is 0. The molecule has 2 heterocycles. The fourth-order valence-electron chi connectivity index (χ4n) is 4.19. The van der Waals surface area contributed by atoms with Crippen molar-refractivity contribution in [1.29, 1.82) is 0 Å². The van der Waals surface area contributed by atoms with Crippen molar-refractivity contribution in [3.63, 3.8) is 0 Å². The topological polar surface area (TPSA) is 79.4 Å². The van der Waals surface area contributed by atoms with Gasteiger partial charge in [0.1, 0.15) is 0 Å². The molecular weight excluding hydrogens is 422 g/mol. The molecule has 6 nitrogen and oxygen atoms in total. The zero-order chi connectivity index (χ0) is 22.6. The molecule has 3 atom stereocenters. The van der Waals surface area contributed by atoms with E-state index < -0.39 is 15.9 Å². The number of sulfonamides is 1. The van der Waals surface area contributed by atoms with E-state index >= 15 is 0 Å². The van der Waals surface area contributed by atoms with E-state index in [4.69, 9.17) is 0 Å². The number of hydrogen-bond donors (Lipinski definition) is 1. The van der Waals surface area contributed by atoms with Crippen LogP contribution in [0, 0.1) is 5.92 Å². The average molecular weight is 450 g/mol. The van der Waals surface area contributed by atoms with Crippen LogP contribution < -0.4 is 5.32 Å². The van der Waals surface area contributed by atoms with Gasteiger partial charge in [-0.05, 0) is 49.6 Å². The molecule has 4 rings (SSSR count). The molecular formula is C25H27N3O3S. The molecule has 0 aliphatic carbocycles. The molecule has 1 fully saturated rings. The van der Waals surface area contributed by atoms with Crippen molar-refractivity contribution in [2.45, 2.75) is 36.7 Å². The minimum atomic E-state index is -3.77. The first-order valence-electron chi connectivity index (χ1n) is 10.8. The van der Waals surface area contributed by atoms with Crippen molar-refractivity contribution < 1.29 is 13.2 Å². The van der Waals surface area contributed by atoms with Gasteiger partial charge in [0.15, 0.2) is 0 Å². The molecule has 3 unspecified atom stereocenters. The number of amides is 1. The van der Waals surface area contributed by atoms with Crippen LogP contribution in [0.5, 0.6) is 0 Å². The number of carbonyl (C=O) groups excluding carboxylic acids is 1. The molecule has 0 radical (unpaired) electrons. The summed E-state index contributed by atoms with van der Waals surface area (Å²) < 4.78 is 28.6. The number of aromatic nitrogens is 1. The van der Waals surface area contributed by atoms with Crippen LogP contribution in [-0.4, -0.2) is 30.2 Å². The Bertz CT molecular complexity index is 1140. The van der Waals surface area contributed by atoms with Gasteiger partial charge in [0.2, 0.25) is 15.9 Å². The fraction of sp³-hybridized carbons (Fsp3) is 0.280. The third-order valence-electron chi connectivity index (χ3n) is 5.93. The maximum absolute atomic E-state index is 13.6. The van der Waals surface area contributed by atoms with Crippen LogP contribution >= 0.6 is 0 Å². The minimum absolute atomic E-state index is 0.136. The van der Waals surface area contributed by atoms with Crippen LogP contribution in [0.1, 0.15) is 43.1 Å². The molecule has 2 aromatic carbocycles. The number of nitrogens with one attached hydrogen (secondary N) is 1. The van der Waals surface area contributed by atoms with E-state index in [1.165, 1.54) is 4.31 Å². The molecule has 0 bridgehead atoms. The van der Waals surface area contributed by atoms with Gasteiger partial charge in [0.25, 0.3) is 0 Å². The molecule has 0 saturated carbocycles. The second-order valence-corrected chi connectivity index (χ2v) is 9.96. The van der Waals surface area contributed by atoms with Gasteiger partial charge in [0, 0.05) is 12.7 Å². The summed E-state index contributed by atoms with van der Waals surface area (Å²) in [5.41, 5.74) is 1.71. The Morgan fingerprint density at radius 2 is 1.62 bits per heavy atom. The third kappa shape index (κ3) is 4.74. The van der Waals surface area contributed by atoms with E-state index in [1.54, 1.807) is 36.5 Å². The molecule has 0 spiro atoms. The molecule has 1 saturated heterocycles. The Kier molecular flexibility index (Phi) is 6.67. The summed E-state index contributed by atoms with van der Waals surface area (Å²) in [5, 5.41) is 3.01. The summed E-state index contributed by atoms with van der Waals surface area (Å²) in [6.07, 6.45) is 2.88. The number of carbonyl (C=O) groups is 1. The van der Waals surface area contributed by atoms with Crippen molar-refractivity contribution in [1.82, 2.24) is 14.6 Å². The maximum atomic E-state index is 13.6. The Labute approximate surface area is 189 Å². The highest BCUT2D eigenvalue weighted by Gasteiger charge is 2.40. The monoisotopic (exact) mass is 449 g/mol. The molecule has 32 heavy (non-hydrogen) atoms. The van der Waals surface area contributed by atoms with Gasteiger partial charge in [-0.25, -0.2) is 8.42 Å². The lowest BCUT2D eigenvalue weighted by Crippen LogP contribution is -2.47. The highest BCUT2D eigenvalue weighted by atomic mass is 32.2. The molecule has 1 N–H and O–H groups in total. The Morgan fingerprint density at radius 3 is 2.28 bits per heavy atom. The molecule has 3 aromatic rings. The van der Waals surface area contributed by atoms with Crippen molar-refractivity contribution in [3.05, 3.63) is 96.3 Å². The first-order valence-corrected chi connectivity index (χ1v) is 12.2. The normalized spacial score (nSPS) is 20.4. The Balaban J connectivity index is 1.59. The average Bonchev–Trinajstić information content (AvgIpc) is 2.85. The maximum Gasteiger partial charge on any atom is 0.243 e. The van der Waals surface area contributed by atoms with Gasteiger partial charge in [-0.2, -0.15) is 4.31 Å². The summed E-state index contributed by atoms with van der Waals surface area (Å²) in [4.78, 5) is 17.6. The summed E-state index contributed by atoms with van der Waals surface area (Å²) in [7, 11) is -3.77. The number of hydrogen-bond acceptors (Lipinski definition) is 4. The van der Waals surface area contributed by atoms with E-state index in [0.29, 0.717) is 12.8 Å². The van der Waals surface area contributed by atoms with Gasteiger partial charge in [-0.3, -0.25) is 9.78 Å². The summed E-state index contributed by atoms with van der Waals surface area (Å²) in [5.74, 6) is -0.581. The fourth-order valence-corrected chi connectivity index (χ4v) is 5.90. The second kappa shape index (κ2) is 9.63. The predicted octanol–water partition coefficient (Wildman–Crippen LogP) is 4.10. The lowest BCUT2D eigenvalue weighted by atomic mass is 9.90. The van der Waals surface area contributed by atoms with Crippen LogP contribution in [0.4, 0.5) is 0 Å². The lowest BCUT2D eigenvalue weighted by Gasteiger charge is -2.38. The SMILES string of the molecule is CC(NC(=O)C1CCC(c2ccccc2)N(S(=O)(=O)c2ccccc2)C1)c1ccccn1. The zero-order valence-corrected chi connectivity index (χ0v) is 18.8. The molecule has 7 heteroatoms. The second-order valence-electron chi connectivity index (χ2n) is 8.07. The largest absolute Gasteiger partial charge is 0.348 e. The number of nitrogens with zero attached hydrogens (tertiary/aromatic N) is 2. The highest BCUT2D eigenvalue weighted by Crippen LogP contribution is 2.37. The van der Waals surface area contributed by atoms with Gasteiger partial charge in [0.05, 0.1) is 28.6 Å². The number of piperidine rings is 1. The van der Waals surface area contributed by atoms with E-state index in [0.717, 1.165) is 11.3 Å². The smallest absolute Gasteiger partial charge is 0.243 e. The third-order valence-corrected chi connectivity index (χ3v) is 7.82. The number of pyridine rings is 1. The van der Waals surface area contributed by atoms with Crippen LogP contribution in [0.25, 0.3) is 0 Å². The van der Waals surface area contributed by atoms with Crippen molar-refractivity contribution >= 4 is 15.9 Å². The van der Waals surface area contributed by atoms with Gasteiger partial charge < -0.3 is 5.32 Å². The Morgan fingerprint density at radius 1 is 0.969 bits per heavy atom. The summed E-state index contributed by atoms with van der Waals surface area (Å²) in [6, 6.07) is 23.1. The van der Waals surface area contributed by atoms with Gasteiger partial charge >= 0.3 is 0 Å². The highest BCUT2D eigenvalue weighted by molar-refractivity contribution is 7.89. The first kappa shape index (κ1) is 22.2. The van der Waals surface area contributed by atoms with E-state index in [2.05, 4.69) is 10.3 Å². The van der Waals surface area contributed by atoms with Crippen molar-refractivity contribution in [2.24, 2.45) is 5.92 Å². The van der Waals surface area contributed by atoms with E-state index in [1.807, 2.05) is 55.5 Å². The standard InChI is InChI=1S/C25H27N3O3S/c1-19(23-14-8-9-17-26-23)27-25(29)21-15-16-24(20-10-4-2-5-11-20)28(18-21)32(30,31)22-12-6-3-7-13-22/h2-14,17,19,21,24H,15-16,18H2,1H3,(H,27,29). The molecule has 1 aromatic heterocycles. The van der Waals surface area contributed by atoms with Crippen LogP contribution in [-0.2, 0) is 14.8 Å². The van der Waals surface area contributed by atoms with E-state index in [-0.39, 0.29) is 29.4 Å². The van der Waals surface area contributed by atoms with Crippen LogP contribution in [0.15, 0.2) is 90.0 Å². The zero-order valence-electron chi connectivity index (χ0n) is 18.0. The number of rotatable bonds is 6. The van der Waals surface area contributed by atoms with Crippen LogP contribution in [0.3, 0.4) is 0 Å². The molecule has 1 aliphatic heterocycles. The lowest BCUT2D eigenvalue weighted by molar-refractivity contribution is -0.127. The first-order chi connectivity index (χ1) is 15.5. The van der Waals surface area contributed by atoms with Gasteiger partial charge in [-0.1, -0.05) is 54.6 Å². The minimum Gasteiger partial charge on any atom is -0.348 e. The van der Waals surface area contributed by atoms with E-state index in [9.17, 15) is 13.2 Å².